The highest BCUT2D eigenvalue weighted by Gasteiger charge is 2.05. The summed E-state index contributed by atoms with van der Waals surface area (Å²) in [6, 6.07) is 0.342. The van der Waals surface area contributed by atoms with Gasteiger partial charge in [0.25, 0.3) is 0 Å². The second kappa shape index (κ2) is 4.22. The molecule has 15 heavy (non-hydrogen) atoms. The summed E-state index contributed by atoms with van der Waals surface area (Å²) in [5, 5.41) is 4.19. The van der Waals surface area contributed by atoms with Crippen molar-refractivity contribution in [1.82, 2.24) is 19.6 Å². The van der Waals surface area contributed by atoms with Gasteiger partial charge in [-0.25, -0.2) is 9.50 Å². The Morgan fingerprint density at radius 3 is 3.00 bits per heavy atom. The number of nitrogens with two attached hydrogens (primary N) is 1. The summed E-state index contributed by atoms with van der Waals surface area (Å²) in [6.45, 7) is 0.662. The van der Waals surface area contributed by atoms with Crippen LogP contribution in [0.3, 0.4) is 0 Å². The van der Waals surface area contributed by atoms with E-state index in [1.165, 1.54) is 7.11 Å². The average Bonchev–Trinajstić information content (AvgIpc) is 2.68. The van der Waals surface area contributed by atoms with Crippen molar-refractivity contribution in [3.8, 4) is 6.01 Å². The van der Waals surface area contributed by atoms with Crippen molar-refractivity contribution >= 4 is 5.65 Å². The third kappa shape index (κ3) is 1.89. The van der Waals surface area contributed by atoms with Gasteiger partial charge in [-0.05, 0) is 19.4 Å². The molecular formula is C9H13N5O. The Morgan fingerprint density at radius 1 is 1.40 bits per heavy atom. The van der Waals surface area contributed by atoms with Crippen LogP contribution in [0, 0.1) is 0 Å². The number of hydrogen-bond donors (Lipinski definition) is 1. The number of rotatable bonds is 4. The van der Waals surface area contributed by atoms with Gasteiger partial charge < -0.3 is 10.5 Å². The van der Waals surface area contributed by atoms with E-state index in [0.29, 0.717) is 12.6 Å². The molecule has 0 saturated carbocycles. The summed E-state index contributed by atoms with van der Waals surface area (Å²) in [5.74, 6) is 0. The van der Waals surface area contributed by atoms with Gasteiger partial charge in [-0.1, -0.05) is 0 Å². The van der Waals surface area contributed by atoms with E-state index < -0.39 is 0 Å². The molecule has 0 bridgehead atoms. The lowest BCUT2D eigenvalue weighted by Gasteiger charge is -2.00. The van der Waals surface area contributed by atoms with Crippen LogP contribution >= 0.6 is 0 Å². The second-order valence-electron chi connectivity index (χ2n) is 3.16. The van der Waals surface area contributed by atoms with E-state index in [9.17, 15) is 0 Å². The third-order valence-electron chi connectivity index (χ3n) is 2.13. The van der Waals surface area contributed by atoms with Gasteiger partial charge in [0.15, 0.2) is 5.65 Å². The van der Waals surface area contributed by atoms with E-state index in [2.05, 4.69) is 15.1 Å². The molecule has 0 aliphatic heterocycles. The molecule has 0 aliphatic rings. The van der Waals surface area contributed by atoms with Gasteiger partial charge in [0.2, 0.25) is 0 Å². The molecule has 6 heteroatoms. The van der Waals surface area contributed by atoms with Crippen molar-refractivity contribution < 1.29 is 4.74 Å². The van der Waals surface area contributed by atoms with Gasteiger partial charge in [0.1, 0.15) is 0 Å². The number of aryl methyl sites for hydroxylation is 1. The third-order valence-corrected chi connectivity index (χ3v) is 2.13. The van der Waals surface area contributed by atoms with Crippen molar-refractivity contribution in [2.75, 3.05) is 13.7 Å². The molecule has 2 aromatic heterocycles. The Hall–Kier alpha value is -1.69. The molecule has 2 N–H and O–H groups in total. The van der Waals surface area contributed by atoms with E-state index in [4.69, 9.17) is 10.5 Å². The van der Waals surface area contributed by atoms with E-state index in [1.807, 2.05) is 0 Å². The number of methoxy groups -OCH3 is 1. The topological polar surface area (TPSA) is 78.3 Å². The molecule has 0 spiro atoms. The second-order valence-corrected chi connectivity index (χ2v) is 3.16. The number of ether oxygens (including phenoxy) is 1. The van der Waals surface area contributed by atoms with Crippen LogP contribution in [0.1, 0.15) is 12.1 Å². The number of nitrogens with zero attached hydrogens (tertiary/aromatic N) is 4. The molecule has 0 aromatic carbocycles. The average molecular weight is 207 g/mol. The van der Waals surface area contributed by atoms with Gasteiger partial charge in [-0.2, -0.15) is 4.98 Å². The highest BCUT2D eigenvalue weighted by molar-refractivity contribution is 5.36. The lowest BCUT2D eigenvalue weighted by atomic mass is 10.2. The summed E-state index contributed by atoms with van der Waals surface area (Å²) in [7, 11) is 1.54. The zero-order valence-corrected chi connectivity index (χ0v) is 8.55. The first-order valence-electron chi connectivity index (χ1n) is 4.79. The van der Waals surface area contributed by atoms with Crippen molar-refractivity contribution in [3.05, 3.63) is 18.1 Å². The van der Waals surface area contributed by atoms with Crippen LogP contribution in [0.4, 0.5) is 0 Å². The van der Waals surface area contributed by atoms with E-state index in [0.717, 1.165) is 24.2 Å². The SMILES string of the molecule is COc1ncc2ncc(CCCN)n2n1. The molecule has 0 saturated heterocycles. The number of imidazole rings is 1. The molecule has 0 radical (unpaired) electrons. The van der Waals surface area contributed by atoms with Gasteiger partial charge >= 0.3 is 6.01 Å². The standard InChI is InChI=1S/C9H13N5O/c1-15-9-12-6-8-11-5-7(3-2-4-10)14(8)13-9/h5-6H,2-4,10H2,1H3. The summed E-state index contributed by atoms with van der Waals surface area (Å²) in [4.78, 5) is 8.17. The van der Waals surface area contributed by atoms with Gasteiger partial charge in [0, 0.05) is 0 Å². The van der Waals surface area contributed by atoms with E-state index in [-0.39, 0.29) is 0 Å². The highest BCUT2D eigenvalue weighted by atomic mass is 16.5. The minimum absolute atomic E-state index is 0.342. The molecule has 2 rings (SSSR count). The van der Waals surface area contributed by atoms with Gasteiger partial charge in [0.05, 0.1) is 25.2 Å². The fourth-order valence-electron chi connectivity index (χ4n) is 1.37. The minimum Gasteiger partial charge on any atom is -0.466 e. The fraction of sp³-hybridized carbons (Fsp3) is 0.444. The van der Waals surface area contributed by atoms with Crippen LogP contribution in [0.15, 0.2) is 12.4 Å². The summed E-state index contributed by atoms with van der Waals surface area (Å²) >= 11 is 0. The molecule has 80 valence electrons. The Kier molecular flexibility index (Phi) is 2.77. The molecule has 0 atom stereocenters. The molecule has 0 amide bonds. The van der Waals surface area contributed by atoms with E-state index >= 15 is 0 Å². The zero-order chi connectivity index (χ0) is 10.7. The Balaban J connectivity index is 2.38. The molecule has 2 heterocycles. The van der Waals surface area contributed by atoms with Crippen molar-refractivity contribution in [2.24, 2.45) is 5.73 Å². The largest absolute Gasteiger partial charge is 0.466 e. The molecule has 6 nitrogen and oxygen atoms in total. The summed E-state index contributed by atoms with van der Waals surface area (Å²) in [5.41, 5.74) is 7.21. The van der Waals surface area contributed by atoms with Crippen LogP contribution in [0.2, 0.25) is 0 Å². The summed E-state index contributed by atoms with van der Waals surface area (Å²) < 4.78 is 6.69. The minimum atomic E-state index is 0.342. The smallest absolute Gasteiger partial charge is 0.334 e. The Bertz CT molecular complexity index is 453. The predicted octanol–water partition coefficient (Wildman–Crippen LogP) is 0.0242. The first kappa shape index (κ1) is 9.85. The number of hydrogen-bond acceptors (Lipinski definition) is 5. The van der Waals surface area contributed by atoms with Crippen molar-refractivity contribution in [2.45, 2.75) is 12.8 Å². The maximum Gasteiger partial charge on any atom is 0.334 e. The molecule has 0 unspecified atom stereocenters. The van der Waals surface area contributed by atoms with Gasteiger partial charge in [-0.3, -0.25) is 0 Å². The molecule has 0 aliphatic carbocycles. The van der Waals surface area contributed by atoms with Crippen LogP contribution < -0.4 is 10.5 Å². The van der Waals surface area contributed by atoms with Gasteiger partial charge in [-0.15, -0.1) is 5.10 Å². The Labute approximate surface area is 87.1 Å². The number of fused-ring (bicyclic) bond motifs is 1. The van der Waals surface area contributed by atoms with Crippen LogP contribution in [0.25, 0.3) is 5.65 Å². The Morgan fingerprint density at radius 2 is 2.27 bits per heavy atom. The van der Waals surface area contributed by atoms with E-state index in [1.54, 1.807) is 16.9 Å². The maximum absolute atomic E-state index is 5.46. The zero-order valence-electron chi connectivity index (χ0n) is 8.55. The normalized spacial score (nSPS) is 10.8. The van der Waals surface area contributed by atoms with Crippen molar-refractivity contribution in [3.63, 3.8) is 0 Å². The summed E-state index contributed by atoms with van der Waals surface area (Å²) in [6.07, 6.45) is 5.20. The lowest BCUT2D eigenvalue weighted by Crippen LogP contribution is -2.05. The fourth-order valence-corrected chi connectivity index (χ4v) is 1.37. The quantitative estimate of drug-likeness (QED) is 0.764. The molecule has 2 aromatic rings. The number of aromatic nitrogens is 4. The molecular weight excluding hydrogens is 194 g/mol. The highest BCUT2D eigenvalue weighted by Crippen LogP contribution is 2.08. The predicted molar refractivity (Wildman–Crippen MR) is 54.7 cm³/mol. The van der Waals surface area contributed by atoms with Crippen molar-refractivity contribution in [1.29, 1.82) is 0 Å². The monoisotopic (exact) mass is 207 g/mol. The van der Waals surface area contributed by atoms with Crippen LogP contribution in [0.5, 0.6) is 6.01 Å². The maximum atomic E-state index is 5.46. The van der Waals surface area contributed by atoms with Crippen LogP contribution in [-0.2, 0) is 6.42 Å². The van der Waals surface area contributed by atoms with Crippen LogP contribution in [-0.4, -0.2) is 33.2 Å². The first-order valence-corrected chi connectivity index (χ1v) is 4.79. The molecule has 0 fully saturated rings. The first-order chi connectivity index (χ1) is 7.35. The lowest BCUT2D eigenvalue weighted by molar-refractivity contribution is 0.370.